The van der Waals surface area contributed by atoms with Crippen molar-refractivity contribution in [3.05, 3.63) is 107 Å². The molecule has 0 heterocycles. The minimum Gasteiger partial charge on any atom is -0.335 e. The zero-order valence-corrected chi connectivity index (χ0v) is 26.5. The fourth-order valence-electron chi connectivity index (χ4n) is 6.64. The fraction of sp³-hybridized carbons (Fsp3) is 0.385. The number of benzene rings is 4. The van der Waals surface area contributed by atoms with E-state index in [1.807, 2.05) is 0 Å². The van der Waals surface area contributed by atoms with Gasteiger partial charge in [0, 0.05) is 16.6 Å². The van der Waals surface area contributed by atoms with Gasteiger partial charge in [-0.25, -0.2) is 0 Å². The first-order valence-corrected chi connectivity index (χ1v) is 14.8. The van der Waals surface area contributed by atoms with Gasteiger partial charge in [-0.3, -0.25) is 0 Å². The molecule has 0 saturated heterocycles. The van der Waals surface area contributed by atoms with E-state index in [4.69, 9.17) is 0 Å². The smallest absolute Gasteiger partial charge is 0.0501 e. The highest BCUT2D eigenvalue weighted by atomic mass is 15.2. The maximum Gasteiger partial charge on any atom is 0.0501 e. The van der Waals surface area contributed by atoms with Gasteiger partial charge in [0.15, 0.2) is 0 Å². The molecule has 0 aromatic heterocycles. The van der Waals surface area contributed by atoms with E-state index < -0.39 is 0 Å². The van der Waals surface area contributed by atoms with Crippen molar-refractivity contribution in [2.24, 2.45) is 0 Å². The molecule has 0 aliphatic heterocycles. The van der Waals surface area contributed by atoms with E-state index in [0.29, 0.717) is 0 Å². The highest BCUT2D eigenvalue weighted by molar-refractivity contribution is 5.90. The van der Waals surface area contributed by atoms with Gasteiger partial charge in [-0.15, -0.1) is 0 Å². The summed E-state index contributed by atoms with van der Waals surface area (Å²) in [6.45, 7) is 26.0. The summed E-state index contributed by atoms with van der Waals surface area (Å²) in [5.74, 6) is 0. The SMILES string of the molecule is CC(C)(C)c1cc(-c2ccccc2)ccc1N(c1c(C(C)(C)C)ccc2c1C(C)(C)c1ccccc1-2)C(C)(C)C. The molecule has 1 heteroatoms. The Hall–Kier alpha value is -3.32. The second kappa shape index (κ2) is 9.37. The number of hydrogen-bond acceptors (Lipinski definition) is 1. The van der Waals surface area contributed by atoms with Crippen molar-refractivity contribution >= 4 is 11.4 Å². The van der Waals surface area contributed by atoms with Crippen LogP contribution in [-0.2, 0) is 16.2 Å². The van der Waals surface area contributed by atoms with Crippen LogP contribution in [0.5, 0.6) is 0 Å². The van der Waals surface area contributed by atoms with E-state index in [0.717, 1.165) is 0 Å². The normalized spacial score (nSPS) is 14.6. The lowest BCUT2D eigenvalue weighted by atomic mass is 9.75. The summed E-state index contributed by atoms with van der Waals surface area (Å²) in [4.78, 5) is 2.68. The summed E-state index contributed by atoms with van der Waals surface area (Å²) in [5.41, 5.74) is 13.2. The van der Waals surface area contributed by atoms with Crippen LogP contribution < -0.4 is 4.90 Å². The number of anilines is 2. The first-order valence-electron chi connectivity index (χ1n) is 14.8. The number of fused-ring (bicyclic) bond motifs is 3. The summed E-state index contributed by atoms with van der Waals surface area (Å²) in [6.07, 6.45) is 0. The van der Waals surface area contributed by atoms with Gasteiger partial charge in [-0.1, -0.05) is 128 Å². The minimum absolute atomic E-state index is 0.0232. The highest BCUT2D eigenvalue weighted by Crippen LogP contribution is 2.57. The molecule has 0 spiro atoms. The van der Waals surface area contributed by atoms with E-state index in [2.05, 4.69) is 166 Å². The molecule has 1 aliphatic carbocycles. The van der Waals surface area contributed by atoms with Crippen LogP contribution in [0.1, 0.15) is 98.4 Å². The van der Waals surface area contributed by atoms with Gasteiger partial charge in [-0.05, 0) is 88.2 Å². The molecular weight excluding hydrogens is 482 g/mol. The van der Waals surface area contributed by atoms with Crippen LogP contribution in [0.4, 0.5) is 11.4 Å². The first-order chi connectivity index (χ1) is 18.5. The molecule has 5 rings (SSSR count). The predicted molar refractivity (Wildman–Crippen MR) is 175 cm³/mol. The Morgan fingerprint density at radius 3 is 1.75 bits per heavy atom. The molecule has 0 bridgehead atoms. The summed E-state index contributed by atoms with van der Waals surface area (Å²) in [6, 6.07) is 31.7. The molecule has 0 unspecified atom stereocenters. The van der Waals surface area contributed by atoms with Crippen molar-refractivity contribution in [3.8, 4) is 22.3 Å². The zero-order valence-electron chi connectivity index (χ0n) is 26.5. The molecule has 40 heavy (non-hydrogen) atoms. The van der Waals surface area contributed by atoms with Crippen molar-refractivity contribution < 1.29 is 0 Å². The summed E-state index contributed by atoms with van der Waals surface area (Å²) in [5, 5.41) is 0. The van der Waals surface area contributed by atoms with E-state index in [1.54, 1.807) is 0 Å². The van der Waals surface area contributed by atoms with Gasteiger partial charge < -0.3 is 4.90 Å². The lowest BCUT2D eigenvalue weighted by Crippen LogP contribution is -2.41. The van der Waals surface area contributed by atoms with Gasteiger partial charge in [0.2, 0.25) is 0 Å². The molecule has 1 aliphatic rings. The molecule has 1 nitrogen and oxygen atoms in total. The third kappa shape index (κ3) is 4.68. The Morgan fingerprint density at radius 2 is 1.15 bits per heavy atom. The molecule has 4 aromatic rings. The third-order valence-corrected chi connectivity index (χ3v) is 8.55. The van der Waals surface area contributed by atoms with Crippen LogP contribution in [0.3, 0.4) is 0 Å². The monoisotopic (exact) mass is 529 g/mol. The van der Waals surface area contributed by atoms with Crippen LogP contribution in [-0.4, -0.2) is 5.54 Å². The van der Waals surface area contributed by atoms with Gasteiger partial charge in [0.1, 0.15) is 0 Å². The summed E-state index contributed by atoms with van der Waals surface area (Å²) in [7, 11) is 0. The molecular formula is C39H47N. The predicted octanol–water partition coefficient (Wildman–Crippen LogP) is 11.2. The van der Waals surface area contributed by atoms with Crippen LogP contribution in [0.15, 0.2) is 84.9 Å². The van der Waals surface area contributed by atoms with Gasteiger partial charge >= 0.3 is 0 Å². The highest BCUT2D eigenvalue weighted by Gasteiger charge is 2.43. The Kier molecular flexibility index (Phi) is 6.61. The molecule has 0 fully saturated rings. The van der Waals surface area contributed by atoms with Crippen molar-refractivity contribution in [1.82, 2.24) is 0 Å². The average Bonchev–Trinajstić information content (AvgIpc) is 3.10. The molecule has 0 atom stereocenters. The topological polar surface area (TPSA) is 3.24 Å². The lowest BCUT2D eigenvalue weighted by molar-refractivity contribution is 0.526. The summed E-state index contributed by atoms with van der Waals surface area (Å²) >= 11 is 0. The quantitative estimate of drug-likeness (QED) is 0.255. The molecule has 0 amide bonds. The third-order valence-electron chi connectivity index (χ3n) is 8.55. The number of rotatable bonds is 3. The maximum atomic E-state index is 2.68. The van der Waals surface area contributed by atoms with Crippen LogP contribution in [0.2, 0.25) is 0 Å². The Balaban J connectivity index is 1.88. The average molecular weight is 530 g/mol. The van der Waals surface area contributed by atoms with Crippen LogP contribution in [0.25, 0.3) is 22.3 Å². The van der Waals surface area contributed by atoms with E-state index >= 15 is 0 Å². The Morgan fingerprint density at radius 1 is 0.550 bits per heavy atom. The van der Waals surface area contributed by atoms with E-state index in [9.17, 15) is 0 Å². The maximum absolute atomic E-state index is 2.68. The Labute approximate surface area is 243 Å². The molecule has 4 aromatic carbocycles. The summed E-state index contributed by atoms with van der Waals surface area (Å²) < 4.78 is 0. The zero-order chi connectivity index (χ0) is 29.3. The number of hydrogen-bond donors (Lipinski definition) is 0. The van der Waals surface area contributed by atoms with E-state index in [-0.39, 0.29) is 21.8 Å². The van der Waals surface area contributed by atoms with Crippen LogP contribution in [0, 0.1) is 0 Å². The molecule has 0 N–H and O–H groups in total. The standard InChI is InChI=1S/C39H47N/c1-36(2,3)31-23-22-29-28-19-15-16-20-30(28)39(10,11)34(29)35(31)40(38(7,8)9)33-24-21-27(25-32(33)37(4,5)6)26-17-13-12-14-18-26/h12-25H,1-11H3. The van der Waals surface area contributed by atoms with E-state index in [1.165, 1.54) is 55.9 Å². The lowest BCUT2D eigenvalue weighted by Gasteiger charge is -2.45. The Bertz CT molecular complexity index is 1550. The molecule has 0 saturated carbocycles. The molecule has 0 radical (unpaired) electrons. The van der Waals surface area contributed by atoms with Gasteiger partial charge in [0.05, 0.1) is 5.69 Å². The second-order valence-corrected chi connectivity index (χ2v) is 15.2. The fourth-order valence-corrected chi connectivity index (χ4v) is 6.64. The molecule has 208 valence electrons. The van der Waals surface area contributed by atoms with Crippen molar-refractivity contribution in [2.45, 2.75) is 97.9 Å². The van der Waals surface area contributed by atoms with Crippen LogP contribution >= 0.6 is 0 Å². The minimum atomic E-state index is -0.158. The number of nitrogens with zero attached hydrogens (tertiary/aromatic N) is 1. The van der Waals surface area contributed by atoms with Crippen molar-refractivity contribution in [2.75, 3.05) is 4.90 Å². The largest absolute Gasteiger partial charge is 0.335 e. The second-order valence-electron chi connectivity index (χ2n) is 15.2. The van der Waals surface area contributed by atoms with Crippen molar-refractivity contribution in [3.63, 3.8) is 0 Å². The van der Waals surface area contributed by atoms with Gasteiger partial charge in [-0.2, -0.15) is 0 Å². The van der Waals surface area contributed by atoms with Crippen molar-refractivity contribution in [1.29, 1.82) is 0 Å². The van der Waals surface area contributed by atoms with Gasteiger partial charge in [0.25, 0.3) is 0 Å². The first kappa shape index (κ1) is 28.2.